The Morgan fingerprint density at radius 3 is 1.74 bits per heavy atom. The van der Waals surface area contributed by atoms with Crippen LogP contribution in [0, 0.1) is 0 Å². The van der Waals surface area contributed by atoms with E-state index in [0.717, 1.165) is 57.4 Å². The number of benzene rings is 1. The number of allylic oxidation sites excluding steroid dienone is 1. The molecule has 2 rings (SSSR count). The van der Waals surface area contributed by atoms with Gasteiger partial charge >= 0.3 is 11.9 Å². The molecule has 87 heavy (non-hydrogen) atoms. The fraction of sp³-hybridized carbons (Fsp3) is 0.636. The van der Waals surface area contributed by atoms with Crippen LogP contribution < -0.4 is 70.8 Å². The molecule has 0 spiro atoms. The van der Waals surface area contributed by atoms with E-state index in [1.807, 2.05) is 10.6 Å². The van der Waals surface area contributed by atoms with Gasteiger partial charge < -0.3 is 101 Å². The predicted molar refractivity (Wildman–Crippen MR) is 316 cm³/mol. The summed E-state index contributed by atoms with van der Waals surface area (Å²) in [6.45, 7) is 0.465. The summed E-state index contributed by atoms with van der Waals surface area (Å²) < 4.78 is 5.29. The maximum absolute atomic E-state index is 14.4. The number of amides is 9. The fourth-order valence-corrected chi connectivity index (χ4v) is 8.91. The summed E-state index contributed by atoms with van der Waals surface area (Å²) in [5.41, 5.74) is 22.5. The highest BCUT2D eigenvalue weighted by Crippen LogP contribution is 2.14. The highest BCUT2D eigenvalue weighted by Gasteiger charge is 2.40. The smallest absolute Gasteiger partial charge is 0.335 e. The van der Waals surface area contributed by atoms with Crippen LogP contribution in [-0.2, 0) is 63.9 Å². The van der Waals surface area contributed by atoms with Crippen molar-refractivity contribution >= 4 is 82.7 Å². The van der Waals surface area contributed by atoms with Gasteiger partial charge in [-0.05, 0) is 57.7 Å². The van der Waals surface area contributed by atoms with Crippen LogP contribution in [0.5, 0.6) is 0 Å². The van der Waals surface area contributed by atoms with Gasteiger partial charge in [-0.3, -0.25) is 48.1 Å². The molecule has 1 aliphatic heterocycles. The van der Waals surface area contributed by atoms with Crippen LogP contribution in [0.3, 0.4) is 0 Å². The molecular weight excluding hydrogens is 1160 g/mol. The molecule has 31 nitrogen and oxygen atoms in total. The number of aliphatic hydroxyl groups excluding tert-OH is 4. The van der Waals surface area contributed by atoms with Gasteiger partial charge in [-0.15, -0.1) is 11.6 Å². The maximum Gasteiger partial charge on any atom is 0.335 e. The van der Waals surface area contributed by atoms with Gasteiger partial charge in [-0.1, -0.05) is 101 Å². The summed E-state index contributed by atoms with van der Waals surface area (Å²) in [6.07, 6.45) is 2.27. The first kappa shape index (κ1) is 75.5. The molecule has 0 saturated carbocycles. The first-order valence-corrected chi connectivity index (χ1v) is 29.5. The lowest BCUT2D eigenvalue weighted by atomic mass is 10.0. The van der Waals surface area contributed by atoms with Crippen LogP contribution in [0.25, 0.3) is 0 Å². The van der Waals surface area contributed by atoms with Crippen molar-refractivity contribution in [1.82, 2.24) is 47.9 Å². The summed E-state index contributed by atoms with van der Waals surface area (Å²) in [6, 6.07) is -6.93. The number of aliphatic imine (C=N–C) groups is 1. The third-order valence-corrected chi connectivity index (χ3v) is 13.9. The number of esters is 1. The Bertz CT molecular complexity index is 2480. The van der Waals surface area contributed by atoms with Crippen LogP contribution in [0.15, 0.2) is 47.1 Å². The van der Waals surface area contributed by atoms with Crippen molar-refractivity contribution in [3.8, 4) is 0 Å². The summed E-state index contributed by atoms with van der Waals surface area (Å²) >= 11 is 5.89. The molecule has 22 N–H and O–H groups in total. The van der Waals surface area contributed by atoms with Gasteiger partial charge in [0.2, 0.25) is 47.3 Å². The SMILES string of the molecule is C/C=C1\NC(=O)[C@H](Cc2ccccc2)NC(=O)C(CCCN=C(N)N)NC(=O)C(CCN)NC(=O)[C@@H](CCN)NC(=O)C(CO)NC(=O)C(NC(=O)C[C@H](O)CCCCCCCCCCC)COC(=O)C([C@H](O)CCl)NC(=O)[C@H]([C@H](O)C(=O)O)NC1=O. The minimum absolute atomic E-state index is 0.0369. The third kappa shape index (κ3) is 28.2. The van der Waals surface area contributed by atoms with Gasteiger partial charge in [-0.25, -0.2) is 9.59 Å². The quantitative estimate of drug-likeness (QED) is 0.00934. The van der Waals surface area contributed by atoms with E-state index in [9.17, 15) is 78.3 Å². The van der Waals surface area contributed by atoms with Gasteiger partial charge in [0.05, 0.1) is 31.1 Å². The lowest BCUT2D eigenvalue weighted by molar-refractivity contribution is -0.155. The number of rotatable bonds is 28. The number of carbonyl (C=O) groups excluding carboxylic acids is 10. The normalized spacial score (nSPS) is 23.5. The van der Waals surface area contributed by atoms with E-state index in [-0.39, 0.29) is 64.1 Å². The van der Waals surface area contributed by atoms with E-state index in [4.69, 9.17) is 39.3 Å². The number of ether oxygens (including phenoxy) is 1. The van der Waals surface area contributed by atoms with Crippen LogP contribution in [0.2, 0.25) is 0 Å². The van der Waals surface area contributed by atoms with Crippen molar-refractivity contribution in [3.05, 3.63) is 47.7 Å². The van der Waals surface area contributed by atoms with Crippen molar-refractivity contribution in [2.24, 2.45) is 27.9 Å². The monoisotopic (exact) mass is 1250 g/mol. The Hall–Kier alpha value is -7.55. The molecule has 1 fully saturated rings. The number of unbranched alkanes of at least 4 members (excludes halogenated alkanes) is 8. The lowest BCUT2D eigenvalue weighted by Crippen LogP contribution is -2.62. The van der Waals surface area contributed by atoms with Gasteiger partial charge in [0.1, 0.15) is 54.6 Å². The summed E-state index contributed by atoms with van der Waals surface area (Å²) in [4.78, 5) is 156. The van der Waals surface area contributed by atoms with E-state index in [2.05, 4.69) is 49.1 Å². The highest BCUT2D eigenvalue weighted by molar-refractivity contribution is 6.18. The van der Waals surface area contributed by atoms with Crippen molar-refractivity contribution in [2.75, 3.05) is 38.7 Å². The Morgan fingerprint density at radius 2 is 1.22 bits per heavy atom. The molecule has 5 unspecified atom stereocenters. The number of nitrogens with zero attached hydrogens (tertiary/aromatic N) is 1. The van der Waals surface area contributed by atoms with Crippen LogP contribution in [-0.4, -0.2) is 202 Å². The number of guanidine groups is 1. The van der Waals surface area contributed by atoms with Crippen LogP contribution in [0.1, 0.15) is 116 Å². The highest BCUT2D eigenvalue weighted by atomic mass is 35.5. The number of nitrogens with one attached hydrogen (secondary N) is 9. The second-order valence-corrected chi connectivity index (χ2v) is 20.9. The Labute approximate surface area is 509 Å². The predicted octanol–water partition coefficient (Wildman–Crippen LogP) is -4.86. The van der Waals surface area contributed by atoms with Crippen molar-refractivity contribution in [2.45, 2.75) is 183 Å². The molecule has 1 heterocycles. The number of carbonyl (C=O) groups is 11. The summed E-state index contributed by atoms with van der Waals surface area (Å²) in [5.74, 6) is -15.6. The zero-order chi connectivity index (χ0) is 65.0. The number of aliphatic carboxylic acids is 1. The number of hydrogen-bond donors (Lipinski definition) is 18. The Balaban J connectivity index is 2.77. The number of carboxylic acid groups (broad SMARTS) is 1. The molecule has 32 heteroatoms. The summed E-state index contributed by atoms with van der Waals surface area (Å²) in [7, 11) is 0. The molecule has 11 atom stereocenters. The zero-order valence-corrected chi connectivity index (χ0v) is 49.9. The Kier molecular flexibility index (Phi) is 36.1. The van der Waals surface area contributed by atoms with E-state index in [1.165, 1.54) is 6.92 Å². The number of aliphatic hydroxyl groups is 4. The molecule has 0 bridgehead atoms. The van der Waals surface area contributed by atoms with Gasteiger partial charge in [0.25, 0.3) is 5.91 Å². The standard InChI is InChI=1S/C55H89ClN14O17/c1-3-5-6-7-8-9-10-11-15-19-32(72)27-41(74)62-39-30-87-54(86)42(40(73)28-56)69-52(83)43(44(75)53(84)85)70-45(76)33(4-2)63-49(80)37(26-31-17-13-12-14-18-31)67-46(77)34(20-16-25-61-55(59)60)64-47(78)35(21-23-57)65-48(79)36(22-24-58)66-50(81)38(29-71)68-51(39)82/h4,12-14,17-18,32,34-40,42-44,71-73,75H,3,5-11,15-16,19-30,57-58H2,1-2H3,(H,62,74)(H,63,80)(H,64,78)(H,65,79)(H,66,81)(H,67,77)(H,68,82)(H,69,83)(H,70,76)(H,84,85)(H4,59,60,61)/b33-4-/t32-,34?,35?,36-,37+,38?,39?,40-,42?,43+,44+/m1/s1. The van der Waals surface area contributed by atoms with Crippen molar-refractivity contribution in [1.29, 1.82) is 0 Å². The maximum atomic E-state index is 14.4. The molecule has 9 amide bonds. The molecule has 488 valence electrons. The number of carboxylic acids is 1. The minimum Gasteiger partial charge on any atom is -0.479 e. The molecular formula is C55H89ClN14O17. The van der Waals surface area contributed by atoms with E-state index in [1.54, 1.807) is 30.3 Å². The van der Waals surface area contributed by atoms with E-state index < -0.39 is 163 Å². The van der Waals surface area contributed by atoms with E-state index in [0.29, 0.717) is 12.0 Å². The largest absolute Gasteiger partial charge is 0.479 e. The molecule has 0 aromatic heterocycles. The third-order valence-electron chi connectivity index (χ3n) is 13.6. The first-order valence-electron chi connectivity index (χ1n) is 28.9. The molecule has 1 aromatic carbocycles. The van der Waals surface area contributed by atoms with Crippen molar-refractivity contribution in [3.63, 3.8) is 0 Å². The molecule has 1 saturated heterocycles. The number of cyclic esters (lactones) is 1. The van der Waals surface area contributed by atoms with Crippen molar-refractivity contribution < 1.29 is 83.0 Å². The fourth-order valence-electron chi connectivity index (χ4n) is 8.73. The number of nitrogens with two attached hydrogens (primary N) is 4. The number of alkyl halides is 1. The molecule has 0 aliphatic carbocycles. The molecule has 1 aliphatic rings. The minimum atomic E-state index is -2.81. The van der Waals surface area contributed by atoms with Gasteiger partial charge in [-0.2, -0.15) is 0 Å². The Morgan fingerprint density at radius 1 is 0.690 bits per heavy atom. The lowest BCUT2D eigenvalue weighted by Gasteiger charge is -2.28. The van der Waals surface area contributed by atoms with Gasteiger partial charge in [0, 0.05) is 13.0 Å². The van der Waals surface area contributed by atoms with E-state index >= 15 is 0 Å². The first-order chi connectivity index (χ1) is 41.4. The average Bonchev–Trinajstić information content (AvgIpc) is 2.80. The average molecular weight is 1250 g/mol. The van der Waals surface area contributed by atoms with Crippen LogP contribution in [0.4, 0.5) is 0 Å². The summed E-state index contributed by atoms with van der Waals surface area (Å²) in [5, 5.41) is 73.3. The second-order valence-electron chi connectivity index (χ2n) is 20.6. The van der Waals surface area contributed by atoms with Gasteiger partial charge in [0.15, 0.2) is 18.1 Å². The molecule has 0 radical (unpaired) electrons. The van der Waals surface area contributed by atoms with Crippen LogP contribution >= 0.6 is 11.6 Å². The molecule has 1 aromatic rings. The number of halogens is 1. The number of hydrogen-bond acceptors (Lipinski definition) is 19. The topological polar surface area (TPSA) is 523 Å². The second kappa shape index (κ2) is 41.5. The zero-order valence-electron chi connectivity index (χ0n) is 49.1.